The third kappa shape index (κ3) is 2.97. The van der Waals surface area contributed by atoms with Gasteiger partial charge in [0.25, 0.3) is 0 Å². The van der Waals surface area contributed by atoms with Gasteiger partial charge in [0.05, 0.1) is 20.8 Å². The van der Waals surface area contributed by atoms with Gasteiger partial charge in [-0.05, 0) is 36.8 Å². The highest BCUT2D eigenvalue weighted by atomic mass is 16.5. The first-order valence-electron chi connectivity index (χ1n) is 6.51. The van der Waals surface area contributed by atoms with Crippen LogP contribution in [-0.4, -0.2) is 31.0 Å². The number of phenols is 2. The average molecular weight is 290 g/mol. The van der Waals surface area contributed by atoms with Crippen LogP contribution in [0.4, 0.5) is 0 Å². The number of methoxy groups -OCH3 is 2. The van der Waals surface area contributed by atoms with Gasteiger partial charge in [-0.3, -0.25) is 0 Å². The predicted octanol–water partition coefficient (Wildman–Crippen LogP) is 3.18. The van der Waals surface area contributed by atoms with E-state index in [-0.39, 0.29) is 11.5 Å². The van der Waals surface area contributed by atoms with Crippen molar-refractivity contribution >= 4 is 0 Å². The Bertz CT molecular complexity index is 612. The first-order valence-corrected chi connectivity index (χ1v) is 6.51. The van der Waals surface area contributed by atoms with Gasteiger partial charge in [0, 0.05) is 11.6 Å². The van der Waals surface area contributed by atoms with E-state index in [1.54, 1.807) is 30.3 Å². The van der Waals surface area contributed by atoms with Crippen molar-refractivity contribution in [1.29, 1.82) is 0 Å². The molecule has 112 valence electrons. The minimum Gasteiger partial charge on any atom is -0.508 e. The molecule has 0 saturated heterocycles. The lowest BCUT2D eigenvalue weighted by Crippen LogP contribution is -1.95. The fraction of sp³-hybridized carbons (Fsp3) is 0.250. The van der Waals surface area contributed by atoms with Crippen molar-refractivity contribution < 1.29 is 24.4 Å². The van der Waals surface area contributed by atoms with E-state index in [0.29, 0.717) is 23.9 Å². The summed E-state index contributed by atoms with van der Waals surface area (Å²) in [5.74, 6) is 1.23. The van der Waals surface area contributed by atoms with Gasteiger partial charge in [0.2, 0.25) is 5.75 Å². The lowest BCUT2D eigenvalue weighted by molar-refractivity contribution is 0.337. The third-order valence-electron chi connectivity index (χ3n) is 3.06. The molecule has 0 heterocycles. The fourth-order valence-electron chi connectivity index (χ4n) is 2.07. The largest absolute Gasteiger partial charge is 0.508 e. The molecule has 2 aromatic carbocycles. The van der Waals surface area contributed by atoms with Gasteiger partial charge >= 0.3 is 0 Å². The van der Waals surface area contributed by atoms with E-state index in [0.717, 1.165) is 11.1 Å². The van der Waals surface area contributed by atoms with Crippen LogP contribution in [0.2, 0.25) is 0 Å². The Morgan fingerprint density at radius 1 is 0.905 bits per heavy atom. The van der Waals surface area contributed by atoms with Crippen LogP contribution in [0.1, 0.15) is 6.92 Å². The monoisotopic (exact) mass is 290 g/mol. The fourth-order valence-corrected chi connectivity index (χ4v) is 2.07. The second-order valence-electron chi connectivity index (χ2n) is 4.34. The van der Waals surface area contributed by atoms with Crippen LogP contribution in [0.25, 0.3) is 11.1 Å². The molecular formula is C16H18O5. The van der Waals surface area contributed by atoms with Crippen LogP contribution in [0.5, 0.6) is 28.7 Å². The number of ether oxygens (including phenoxy) is 3. The van der Waals surface area contributed by atoms with Crippen LogP contribution in [0.3, 0.4) is 0 Å². The van der Waals surface area contributed by atoms with E-state index in [2.05, 4.69) is 0 Å². The van der Waals surface area contributed by atoms with Crippen molar-refractivity contribution in [2.45, 2.75) is 6.92 Å². The molecule has 0 radical (unpaired) electrons. The molecule has 0 saturated carbocycles. The average Bonchev–Trinajstić information content (AvgIpc) is 2.48. The van der Waals surface area contributed by atoms with Gasteiger partial charge < -0.3 is 24.4 Å². The highest BCUT2D eigenvalue weighted by molar-refractivity contribution is 5.76. The van der Waals surface area contributed by atoms with Gasteiger partial charge in [-0.2, -0.15) is 0 Å². The molecule has 2 N–H and O–H groups in total. The third-order valence-corrected chi connectivity index (χ3v) is 3.06. The maximum Gasteiger partial charge on any atom is 0.200 e. The number of rotatable bonds is 5. The quantitative estimate of drug-likeness (QED) is 0.885. The van der Waals surface area contributed by atoms with Crippen molar-refractivity contribution in [3.8, 4) is 39.9 Å². The van der Waals surface area contributed by atoms with Crippen LogP contribution >= 0.6 is 0 Å². The SMILES string of the molecule is CCOc1cc(O)ccc1-c1cc(OC)c(O)c(OC)c1. The Balaban J connectivity index is 2.61. The normalized spacial score (nSPS) is 10.2. The minimum atomic E-state index is -0.0551. The van der Waals surface area contributed by atoms with Gasteiger partial charge in [-0.15, -0.1) is 0 Å². The minimum absolute atomic E-state index is 0.0551. The highest BCUT2D eigenvalue weighted by Gasteiger charge is 2.15. The maximum atomic E-state index is 9.96. The zero-order valence-corrected chi connectivity index (χ0v) is 12.2. The van der Waals surface area contributed by atoms with E-state index in [1.165, 1.54) is 14.2 Å². The van der Waals surface area contributed by atoms with Crippen molar-refractivity contribution in [1.82, 2.24) is 0 Å². The van der Waals surface area contributed by atoms with Crippen molar-refractivity contribution in [3.63, 3.8) is 0 Å². The predicted molar refractivity (Wildman–Crippen MR) is 79.5 cm³/mol. The van der Waals surface area contributed by atoms with Gasteiger partial charge in [-0.25, -0.2) is 0 Å². The summed E-state index contributed by atoms with van der Waals surface area (Å²) in [6.07, 6.45) is 0. The second-order valence-corrected chi connectivity index (χ2v) is 4.34. The molecule has 2 rings (SSSR count). The number of hydrogen-bond donors (Lipinski definition) is 2. The molecule has 0 amide bonds. The number of benzene rings is 2. The second kappa shape index (κ2) is 6.26. The molecule has 2 aromatic rings. The van der Waals surface area contributed by atoms with E-state index >= 15 is 0 Å². The summed E-state index contributed by atoms with van der Waals surface area (Å²) in [5.41, 5.74) is 1.52. The Morgan fingerprint density at radius 3 is 2.05 bits per heavy atom. The van der Waals surface area contributed by atoms with Crippen LogP contribution in [0, 0.1) is 0 Å². The lowest BCUT2D eigenvalue weighted by Gasteiger charge is -2.14. The van der Waals surface area contributed by atoms with Gasteiger partial charge in [-0.1, -0.05) is 0 Å². The number of aromatic hydroxyl groups is 2. The molecular weight excluding hydrogens is 272 g/mol. The Hall–Kier alpha value is -2.56. The summed E-state index contributed by atoms with van der Waals surface area (Å²) < 4.78 is 15.9. The van der Waals surface area contributed by atoms with E-state index < -0.39 is 0 Å². The Labute approximate surface area is 123 Å². The summed E-state index contributed by atoms with van der Waals surface area (Å²) in [6.45, 7) is 2.34. The summed E-state index contributed by atoms with van der Waals surface area (Å²) in [5, 5.41) is 19.5. The number of hydrogen-bond acceptors (Lipinski definition) is 5. The van der Waals surface area contributed by atoms with Gasteiger partial charge in [0.1, 0.15) is 11.5 Å². The van der Waals surface area contributed by atoms with Crippen molar-refractivity contribution in [2.75, 3.05) is 20.8 Å². The number of phenolic OH excluding ortho intramolecular Hbond substituents is 2. The molecule has 0 bridgehead atoms. The lowest BCUT2D eigenvalue weighted by atomic mass is 10.0. The topological polar surface area (TPSA) is 68.2 Å². The van der Waals surface area contributed by atoms with E-state index in [9.17, 15) is 10.2 Å². The maximum absolute atomic E-state index is 9.96. The zero-order chi connectivity index (χ0) is 15.4. The Kier molecular flexibility index (Phi) is 4.42. The molecule has 0 spiro atoms. The summed E-state index contributed by atoms with van der Waals surface area (Å²) in [4.78, 5) is 0. The van der Waals surface area contributed by atoms with Crippen molar-refractivity contribution in [2.24, 2.45) is 0 Å². The van der Waals surface area contributed by atoms with E-state index in [1.807, 2.05) is 6.92 Å². The molecule has 0 aliphatic heterocycles. The smallest absolute Gasteiger partial charge is 0.200 e. The summed E-state index contributed by atoms with van der Waals surface area (Å²) >= 11 is 0. The Morgan fingerprint density at radius 2 is 1.52 bits per heavy atom. The molecule has 5 heteroatoms. The van der Waals surface area contributed by atoms with Gasteiger partial charge in [0.15, 0.2) is 11.5 Å². The molecule has 0 fully saturated rings. The zero-order valence-electron chi connectivity index (χ0n) is 12.2. The van der Waals surface area contributed by atoms with Crippen LogP contribution in [0.15, 0.2) is 30.3 Å². The van der Waals surface area contributed by atoms with Crippen LogP contribution in [-0.2, 0) is 0 Å². The molecule has 0 aromatic heterocycles. The molecule has 0 atom stereocenters. The molecule has 21 heavy (non-hydrogen) atoms. The first kappa shape index (κ1) is 14.8. The van der Waals surface area contributed by atoms with Crippen LogP contribution < -0.4 is 14.2 Å². The molecule has 0 unspecified atom stereocenters. The molecule has 0 aliphatic carbocycles. The molecule has 0 aliphatic rings. The highest BCUT2D eigenvalue weighted by Crippen LogP contribution is 2.43. The standard InChI is InChI=1S/C16H18O5/c1-4-21-13-9-11(17)5-6-12(13)10-7-14(19-2)16(18)15(8-10)20-3/h5-9,17-18H,4H2,1-3H3. The summed E-state index contributed by atoms with van der Waals surface area (Å²) in [6, 6.07) is 8.24. The summed E-state index contributed by atoms with van der Waals surface area (Å²) in [7, 11) is 2.94. The molecule has 5 nitrogen and oxygen atoms in total. The first-order chi connectivity index (χ1) is 10.1. The van der Waals surface area contributed by atoms with E-state index in [4.69, 9.17) is 14.2 Å². The van der Waals surface area contributed by atoms with Crippen molar-refractivity contribution in [3.05, 3.63) is 30.3 Å².